The summed E-state index contributed by atoms with van der Waals surface area (Å²) < 4.78 is 39.2. The molecule has 0 amide bonds. The molecule has 0 saturated carbocycles. The van der Waals surface area contributed by atoms with Crippen molar-refractivity contribution in [1.82, 2.24) is 24.7 Å². The summed E-state index contributed by atoms with van der Waals surface area (Å²) >= 11 is 6.32. The number of H-pyrrole nitrogens is 1. The van der Waals surface area contributed by atoms with Crippen molar-refractivity contribution in [1.29, 1.82) is 0 Å². The van der Waals surface area contributed by atoms with E-state index in [2.05, 4.69) is 39.2 Å². The molecule has 1 aromatic carbocycles. The van der Waals surface area contributed by atoms with Gasteiger partial charge in [0.05, 0.1) is 34.5 Å². The molecule has 0 fully saturated rings. The first kappa shape index (κ1) is 22.8. The summed E-state index contributed by atoms with van der Waals surface area (Å²) in [6.45, 7) is 4.12. The number of alkyl halides is 3. The molecule has 0 unspecified atom stereocenters. The molecular weight excluding hydrogens is 457 g/mol. The third-order valence-electron chi connectivity index (χ3n) is 4.99. The van der Waals surface area contributed by atoms with Gasteiger partial charge in [-0.05, 0) is 36.6 Å². The molecule has 0 bridgehead atoms. The summed E-state index contributed by atoms with van der Waals surface area (Å²) in [5, 5.41) is 7.13. The Labute approximate surface area is 191 Å². The van der Waals surface area contributed by atoms with Gasteiger partial charge in [-0.15, -0.1) is 0 Å². The van der Waals surface area contributed by atoms with Crippen LogP contribution >= 0.6 is 11.6 Å². The van der Waals surface area contributed by atoms with Crippen molar-refractivity contribution in [2.75, 3.05) is 5.32 Å². The van der Waals surface area contributed by atoms with Crippen molar-refractivity contribution in [3.05, 3.63) is 75.6 Å². The number of nitrogens with zero attached hydrogens (tertiary/aromatic N) is 4. The molecule has 11 heteroatoms. The van der Waals surface area contributed by atoms with Crippen molar-refractivity contribution in [2.45, 2.75) is 32.5 Å². The van der Waals surface area contributed by atoms with E-state index in [4.69, 9.17) is 11.6 Å². The van der Waals surface area contributed by atoms with Crippen molar-refractivity contribution >= 4 is 28.3 Å². The predicted molar refractivity (Wildman–Crippen MR) is 120 cm³/mol. The molecule has 0 aliphatic rings. The largest absolute Gasteiger partial charge is 0.417 e. The van der Waals surface area contributed by atoms with Crippen molar-refractivity contribution in [3.63, 3.8) is 0 Å². The summed E-state index contributed by atoms with van der Waals surface area (Å²) in [4.78, 5) is 24.4. The van der Waals surface area contributed by atoms with Gasteiger partial charge in [-0.1, -0.05) is 37.6 Å². The zero-order chi connectivity index (χ0) is 23.8. The van der Waals surface area contributed by atoms with Gasteiger partial charge in [0.25, 0.3) is 5.56 Å². The van der Waals surface area contributed by atoms with Crippen LogP contribution in [0.15, 0.2) is 53.6 Å². The lowest BCUT2D eigenvalue weighted by molar-refractivity contribution is -0.137. The van der Waals surface area contributed by atoms with Gasteiger partial charge in [0, 0.05) is 6.20 Å². The van der Waals surface area contributed by atoms with Gasteiger partial charge in [0.1, 0.15) is 10.8 Å². The van der Waals surface area contributed by atoms with E-state index in [1.165, 1.54) is 6.20 Å². The fraction of sp³-hybridized carbons (Fsp3) is 0.273. The number of anilines is 1. The van der Waals surface area contributed by atoms with E-state index in [9.17, 15) is 18.0 Å². The highest BCUT2D eigenvalue weighted by Crippen LogP contribution is 2.30. The minimum atomic E-state index is -4.53. The van der Waals surface area contributed by atoms with Crippen molar-refractivity contribution in [2.24, 2.45) is 5.92 Å². The van der Waals surface area contributed by atoms with Crippen LogP contribution in [0.1, 0.15) is 37.7 Å². The van der Waals surface area contributed by atoms with Crippen LogP contribution in [0.4, 0.5) is 18.9 Å². The number of rotatable bonds is 6. The zero-order valence-electron chi connectivity index (χ0n) is 17.7. The molecule has 0 radical (unpaired) electrons. The van der Waals surface area contributed by atoms with Crippen LogP contribution in [0.25, 0.3) is 16.9 Å². The SMILES string of the molecule is CC(C)C[C@@H](Nc1cnn(-c2ccc(C(F)(F)F)cn2)c(=O)c1Cl)c1nc2ccccc2[nH]1. The molecule has 2 N–H and O–H groups in total. The van der Waals surface area contributed by atoms with E-state index in [0.717, 1.165) is 27.8 Å². The minimum absolute atomic E-state index is 0.0718. The number of hydrogen-bond acceptors (Lipinski definition) is 5. The quantitative estimate of drug-likeness (QED) is 0.390. The zero-order valence-corrected chi connectivity index (χ0v) is 18.4. The standard InChI is InChI=1S/C22H20ClF3N6O/c1-12(2)9-16(20-30-14-5-3-4-6-15(14)31-20)29-17-11-28-32(21(33)19(17)23)18-8-7-13(10-27-18)22(24,25)26/h3-8,10-12,16,29H,9H2,1-2H3,(H,30,31)/t16-/m1/s1. The fourth-order valence-corrected chi connectivity index (χ4v) is 3.59. The average Bonchev–Trinajstić information content (AvgIpc) is 3.20. The van der Waals surface area contributed by atoms with E-state index in [-0.39, 0.29) is 22.6 Å². The van der Waals surface area contributed by atoms with Crippen LogP contribution in [0, 0.1) is 5.92 Å². The molecule has 0 aliphatic heterocycles. The van der Waals surface area contributed by atoms with E-state index in [1.54, 1.807) is 0 Å². The Hall–Kier alpha value is -3.40. The molecule has 7 nitrogen and oxygen atoms in total. The monoisotopic (exact) mass is 476 g/mol. The summed E-state index contributed by atoms with van der Waals surface area (Å²) in [6, 6.07) is 9.24. The smallest absolute Gasteiger partial charge is 0.372 e. The third kappa shape index (κ3) is 4.85. The maximum Gasteiger partial charge on any atom is 0.417 e. The molecular formula is C22H20ClF3N6O. The second-order valence-corrected chi connectivity index (χ2v) is 8.34. The maximum atomic E-state index is 12.8. The number of fused-ring (bicyclic) bond motifs is 1. The highest BCUT2D eigenvalue weighted by molar-refractivity contribution is 6.33. The molecule has 1 atom stereocenters. The lowest BCUT2D eigenvalue weighted by Gasteiger charge is -2.20. The molecule has 0 spiro atoms. The van der Waals surface area contributed by atoms with Gasteiger partial charge >= 0.3 is 6.18 Å². The molecule has 33 heavy (non-hydrogen) atoms. The number of aromatic amines is 1. The van der Waals surface area contributed by atoms with Gasteiger partial charge in [0.15, 0.2) is 5.82 Å². The summed E-state index contributed by atoms with van der Waals surface area (Å²) in [6.07, 6.45) is -1.85. The van der Waals surface area contributed by atoms with Crippen LogP contribution in [-0.4, -0.2) is 24.7 Å². The van der Waals surface area contributed by atoms with Gasteiger partial charge in [-0.25, -0.2) is 9.97 Å². The van der Waals surface area contributed by atoms with Gasteiger partial charge in [0.2, 0.25) is 0 Å². The first-order valence-corrected chi connectivity index (χ1v) is 10.5. The molecule has 0 aliphatic carbocycles. The van der Waals surface area contributed by atoms with Crippen LogP contribution in [0.3, 0.4) is 0 Å². The average molecular weight is 477 g/mol. The van der Waals surface area contributed by atoms with Gasteiger partial charge < -0.3 is 10.3 Å². The lowest BCUT2D eigenvalue weighted by atomic mass is 10.0. The first-order chi connectivity index (χ1) is 15.6. The Morgan fingerprint density at radius 3 is 2.55 bits per heavy atom. The highest BCUT2D eigenvalue weighted by atomic mass is 35.5. The van der Waals surface area contributed by atoms with E-state index in [0.29, 0.717) is 24.4 Å². The van der Waals surface area contributed by atoms with Crippen LogP contribution < -0.4 is 10.9 Å². The molecule has 172 valence electrons. The van der Waals surface area contributed by atoms with Crippen molar-refractivity contribution < 1.29 is 13.2 Å². The van der Waals surface area contributed by atoms with Crippen LogP contribution in [0.5, 0.6) is 0 Å². The predicted octanol–water partition coefficient (Wildman–Crippen LogP) is 5.38. The van der Waals surface area contributed by atoms with Crippen molar-refractivity contribution in [3.8, 4) is 5.82 Å². The number of benzene rings is 1. The summed E-state index contributed by atoms with van der Waals surface area (Å²) in [5.41, 5.74) is 0.357. The van der Waals surface area contributed by atoms with Gasteiger partial charge in [-0.3, -0.25) is 4.79 Å². The van der Waals surface area contributed by atoms with Gasteiger partial charge in [-0.2, -0.15) is 23.0 Å². The van der Waals surface area contributed by atoms with Crippen LogP contribution in [-0.2, 0) is 6.18 Å². The molecule has 0 saturated heterocycles. The summed E-state index contributed by atoms with van der Waals surface area (Å²) in [7, 11) is 0. The van der Waals surface area contributed by atoms with E-state index in [1.807, 2.05) is 24.3 Å². The molecule has 3 heterocycles. The number of nitrogens with one attached hydrogen (secondary N) is 2. The normalized spacial score (nSPS) is 12.9. The first-order valence-electron chi connectivity index (χ1n) is 10.2. The maximum absolute atomic E-state index is 12.8. The number of imidazole rings is 1. The number of hydrogen-bond donors (Lipinski definition) is 2. The summed E-state index contributed by atoms with van der Waals surface area (Å²) in [5.74, 6) is 0.922. The Bertz CT molecular complexity index is 1300. The number of para-hydroxylation sites is 2. The highest BCUT2D eigenvalue weighted by Gasteiger charge is 2.31. The Morgan fingerprint density at radius 2 is 1.91 bits per heavy atom. The Kier molecular flexibility index (Phi) is 6.11. The Balaban J connectivity index is 1.65. The van der Waals surface area contributed by atoms with E-state index >= 15 is 0 Å². The number of aromatic nitrogens is 5. The van der Waals surface area contributed by atoms with E-state index < -0.39 is 17.3 Å². The third-order valence-corrected chi connectivity index (χ3v) is 5.35. The molecule has 3 aromatic heterocycles. The number of halogens is 4. The second-order valence-electron chi connectivity index (χ2n) is 7.96. The Morgan fingerprint density at radius 1 is 1.15 bits per heavy atom. The number of pyridine rings is 1. The molecule has 4 rings (SSSR count). The lowest BCUT2D eigenvalue weighted by Crippen LogP contribution is -2.25. The topological polar surface area (TPSA) is 88.5 Å². The minimum Gasteiger partial charge on any atom is -0.372 e. The van der Waals surface area contributed by atoms with Crippen LogP contribution in [0.2, 0.25) is 5.02 Å². The molecule has 4 aromatic rings. The second kappa shape index (κ2) is 8.86. The fourth-order valence-electron chi connectivity index (χ4n) is 3.41.